The van der Waals surface area contributed by atoms with Gasteiger partial charge in [-0.1, -0.05) is 6.92 Å². The zero-order valence-corrected chi connectivity index (χ0v) is 10.7. The fourth-order valence-electron chi connectivity index (χ4n) is 1.47. The minimum atomic E-state index is 0.238. The number of hydrogen-bond acceptors (Lipinski definition) is 4. The van der Waals surface area contributed by atoms with Gasteiger partial charge in [0.2, 0.25) is 0 Å². The van der Waals surface area contributed by atoms with Gasteiger partial charge in [-0.2, -0.15) is 5.26 Å². The van der Waals surface area contributed by atoms with Crippen LogP contribution in [0.1, 0.15) is 31.7 Å². The molecule has 0 aromatic heterocycles. The molecule has 0 aliphatic rings. The standard InChI is InChI=1S/C14H17NO3/c1-3-12(16)5-4-6-18-14-8-11(10-15)7-13(9-14)17-2/h7-9H,3-6H2,1-2H3. The number of rotatable bonds is 7. The topological polar surface area (TPSA) is 59.3 Å². The largest absolute Gasteiger partial charge is 0.497 e. The van der Waals surface area contributed by atoms with Gasteiger partial charge in [0, 0.05) is 18.9 Å². The Kier molecular flexibility index (Phi) is 5.72. The van der Waals surface area contributed by atoms with Crippen molar-refractivity contribution in [1.82, 2.24) is 0 Å². The van der Waals surface area contributed by atoms with Crippen LogP contribution in [0.3, 0.4) is 0 Å². The van der Waals surface area contributed by atoms with Crippen molar-refractivity contribution in [3.05, 3.63) is 23.8 Å². The molecule has 0 bridgehead atoms. The van der Waals surface area contributed by atoms with Crippen LogP contribution in [0.25, 0.3) is 0 Å². The third-order valence-corrected chi connectivity index (χ3v) is 2.51. The number of carbonyl (C=O) groups is 1. The van der Waals surface area contributed by atoms with Crippen LogP contribution in [0, 0.1) is 11.3 Å². The average Bonchev–Trinajstić information content (AvgIpc) is 2.42. The Balaban J connectivity index is 2.51. The molecule has 0 amide bonds. The smallest absolute Gasteiger partial charge is 0.132 e. The number of nitriles is 1. The summed E-state index contributed by atoms with van der Waals surface area (Å²) in [5.41, 5.74) is 0.494. The second kappa shape index (κ2) is 7.33. The molecule has 0 aliphatic heterocycles. The van der Waals surface area contributed by atoms with Gasteiger partial charge in [-0.3, -0.25) is 4.79 Å². The number of Topliss-reactive ketones (excluding diaryl/α,β-unsaturated/α-hetero) is 1. The van der Waals surface area contributed by atoms with Gasteiger partial charge in [0.05, 0.1) is 25.3 Å². The van der Waals surface area contributed by atoms with Crippen molar-refractivity contribution < 1.29 is 14.3 Å². The average molecular weight is 247 g/mol. The van der Waals surface area contributed by atoms with E-state index in [4.69, 9.17) is 14.7 Å². The molecule has 0 radical (unpaired) electrons. The number of ether oxygens (including phenoxy) is 2. The monoisotopic (exact) mass is 247 g/mol. The molecule has 0 aliphatic carbocycles. The number of methoxy groups -OCH3 is 1. The minimum Gasteiger partial charge on any atom is -0.497 e. The number of benzene rings is 1. The van der Waals surface area contributed by atoms with Gasteiger partial charge >= 0.3 is 0 Å². The number of nitrogens with zero attached hydrogens (tertiary/aromatic N) is 1. The summed E-state index contributed by atoms with van der Waals surface area (Å²) in [4.78, 5) is 11.1. The third-order valence-electron chi connectivity index (χ3n) is 2.51. The Morgan fingerprint density at radius 2 is 2.06 bits per heavy atom. The summed E-state index contributed by atoms with van der Waals surface area (Å²) in [6.07, 6.45) is 1.79. The van der Waals surface area contributed by atoms with Crippen molar-refractivity contribution in [2.75, 3.05) is 13.7 Å². The molecule has 0 N–H and O–H groups in total. The van der Waals surface area contributed by atoms with Gasteiger partial charge in [0.15, 0.2) is 0 Å². The van der Waals surface area contributed by atoms with Crippen molar-refractivity contribution in [2.45, 2.75) is 26.2 Å². The van der Waals surface area contributed by atoms with Crippen molar-refractivity contribution in [3.63, 3.8) is 0 Å². The third kappa shape index (κ3) is 4.46. The highest BCUT2D eigenvalue weighted by Crippen LogP contribution is 2.22. The van der Waals surface area contributed by atoms with Crippen LogP contribution in [0.5, 0.6) is 11.5 Å². The molecule has 0 unspecified atom stereocenters. The first-order chi connectivity index (χ1) is 8.69. The first kappa shape index (κ1) is 14.0. The highest BCUT2D eigenvalue weighted by atomic mass is 16.5. The van der Waals surface area contributed by atoms with E-state index in [1.807, 2.05) is 13.0 Å². The Bertz CT molecular complexity index is 449. The molecule has 1 aromatic rings. The Morgan fingerprint density at radius 3 is 2.67 bits per heavy atom. The van der Waals surface area contributed by atoms with Crippen LogP contribution in [0.2, 0.25) is 0 Å². The quantitative estimate of drug-likeness (QED) is 0.695. The van der Waals surface area contributed by atoms with E-state index in [2.05, 4.69) is 0 Å². The number of hydrogen-bond donors (Lipinski definition) is 0. The van der Waals surface area contributed by atoms with E-state index < -0.39 is 0 Å². The number of ketones is 1. The van der Waals surface area contributed by atoms with Gasteiger partial charge in [-0.25, -0.2) is 0 Å². The molecule has 4 heteroatoms. The Morgan fingerprint density at radius 1 is 1.33 bits per heavy atom. The summed E-state index contributed by atoms with van der Waals surface area (Å²) in [5, 5.41) is 8.85. The maximum absolute atomic E-state index is 11.1. The summed E-state index contributed by atoms with van der Waals surface area (Å²) >= 11 is 0. The van der Waals surface area contributed by atoms with Gasteiger partial charge < -0.3 is 9.47 Å². The summed E-state index contributed by atoms with van der Waals surface area (Å²) < 4.78 is 10.6. The highest BCUT2D eigenvalue weighted by molar-refractivity contribution is 5.77. The normalized spacial score (nSPS) is 9.61. The maximum Gasteiger partial charge on any atom is 0.132 e. The van der Waals surface area contributed by atoms with E-state index in [9.17, 15) is 4.79 Å². The lowest BCUT2D eigenvalue weighted by atomic mass is 10.2. The molecular formula is C14H17NO3. The predicted octanol–water partition coefficient (Wildman–Crippen LogP) is 2.70. The molecule has 0 atom stereocenters. The van der Waals surface area contributed by atoms with Crippen molar-refractivity contribution in [1.29, 1.82) is 5.26 Å². The molecular weight excluding hydrogens is 230 g/mol. The molecule has 1 rings (SSSR count). The minimum absolute atomic E-state index is 0.238. The lowest BCUT2D eigenvalue weighted by Crippen LogP contribution is -2.02. The van der Waals surface area contributed by atoms with E-state index in [0.29, 0.717) is 42.9 Å². The molecule has 0 spiro atoms. The maximum atomic E-state index is 11.1. The van der Waals surface area contributed by atoms with E-state index in [-0.39, 0.29) is 5.78 Å². The van der Waals surface area contributed by atoms with E-state index in [1.54, 1.807) is 25.3 Å². The van der Waals surface area contributed by atoms with Crippen LogP contribution in [0.4, 0.5) is 0 Å². The molecule has 96 valence electrons. The summed E-state index contributed by atoms with van der Waals surface area (Å²) in [5.74, 6) is 1.42. The second-order valence-electron chi connectivity index (χ2n) is 3.85. The predicted molar refractivity (Wildman–Crippen MR) is 67.7 cm³/mol. The SMILES string of the molecule is CCC(=O)CCCOc1cc(C#N)cc(OC)c1. The van der Waals surface area contributed by atoms with Crippen LogP contribution >= 0.6 is 0 Å². The van der Waals surface area contributed by atoms with E-state index in [0.717, 1.165) is 0 Å². The molecule has 0 heterocycles. The second-order valence-corrected chi connectivity index (χ2v) is 3.85. The zero-order valence-electron chi connectivity index (χ0n) is 10.7. The van der Waals surface area contributed by atoms with E-state index >= 15 is 0 Å². The van der Waals surface area contributed by atoms with Gasteiger partial charge in [-0.15, -0.1) is 0 Å². The zero-order chi connectivity index (χ0) is 13.4. The van der Waals surface area contributed by atoms with Crippen LogP contribution in [-0.2, 0) is 4.79 Å². The lowest BCUT2D eigenvalue weighted by molar-refractivity contribution is -0.118. The molecule has 0 saturated heterocycles. The first-order valence-electron chi connectivity index (χ1n) is 5.93. The molecule has 0 saturated carbocycles. The summed E-state index contributed by atoms with van der Waals surface area (Å²) in [6.45, 7) is 2.31. The van der Waals surface area contributed by atoms with Gasteiger partial charge in [-0.05, 0) is 18.6 Å². The van der Waals surface area contributed by atoms with Gasteiger partial charge in [0.25, 0.3) is 0 Å². The summed E-state index contributed by atoms with van der Waals surface area (Å²) in [6, 6.07) is 7.07. The fraction of sp³-hybridized carbons (Fsp3) is 0.429. The number of carbonyl (C=O) groups excluding carboxylic acids is 1. The molecule has 4 nitrogen and oxygen atoms in total. The van der Waals surface area contributed by atoms with Gasteiger partial charge in [0.1, 0.15) is 17.3 Å². The molecule has 1 aromatic carbocycles. The summed E-state index contributed by atoms with van der Waals surface area (Å²) in [7, 11) is 1.54. The van der Waals surface area contributed by atoms with Crippen molar-refractivity contribution in [2.24, 2.45) is 0 Å². The molecule has 0 fully saturated rings. The van der Waals surface area contributed by atoms with Crippen LogP contribution in [0.15, 0.2) is 18.2 Å². The Labute approximate surface area is 107 Å². The highest BCUT2D eigenvalue weighted by Gasteiger charge is 2.03. The fourth-order valence-corrected chi connectivity index (χ4v) is 1.47. The molecule has 18 heavy (non-hydrogen) atoms. The lowest BCUT2D eigenvalue weighted by Gasteiger charge is -2.08. The van der Waals surface area contributed by atoms with Crippen molar-refractivity contribution in [3.8, 4) is 17.6 Å². The first-order valence-corrected chi connectivity index (χ1v) is 5.93. The van der Waals surface area contributed by atoms with E-state index in [1.165, 1.54) is 0 Å². The van der Waals surface area contributed by atoms with Crippen LogP contribution in [-0.4, -0.2) is 19.5 Å². The van der Waals surface area contributed by atoms with Crippen LogP contribution < -0.4 is 9.47 Å². The van der Waals surface area contributed by atoms with Crippen molar-refractivity contribution >= 4 is 5.78 Å². The Hall–Kier alpha value is -2.02.